The molecule has 1 aliphatic rings. The quantitative estimate of drug-likeness (QED) is 0.608. The number of aromatic nitrogens is 1. The Bertz CT molecular complexity index is 681. The highest BCUT2D eigenvalue weighted by Gasteiger charge is 2.30. The van der Waals surface area contributed by atoms with Gasteiger partial charge < -0.3 is 5.32 Å². The summed E-state index contributed by atoms with van der Waals surface area (Å²) < 4.78 is 38.7. The molecule has 1 aliphatic carbocycles. The number of benzene rings is 1. The molecular formula is C18H18BrF3N2S. The van der Waals surface area contributed by atoms with Crippen LogP contribution >= 0.6 is 27.7 Å². The average molecular weight is 431 g/mol. The summed E-state index contributed by atoms with van der Waals surface area (Å²) in [7, 11) is 0. The van der Waals surface area contributed by atoms with Crippen molar-refractivity contribution in [1.82, 2.24) is 4.98 Å². The van der Waals surface area contributed by atoms with Gasteiger partial charge in [0.2, 0.25) is 0 Å². The summed E-state index contributed by atoms with van der Waals surface area (Å²) in [4.78, 5) is 5.16. The third kappa shape index (κ3) is 5.38. The van der Waals surface area contributed by atoms with Crippen molar-refractivity contribution < 1.29 is 13.2 Å². The number of anilines is 1. The lowest BCUT2D eigenvalue weighted by Gasteiger charge is -2.29. The minimum Gasteiger partial charge on any atom is -0.367 e. The van der Waals surface area contributed by atoms with E-state index in [4.69, 9.17) is 0 Å². The molecular weight excluding hydrogens is 413 g/mol. The van der Waals surface area contributed by atoms with Gasteiger partial charge in [0.1, 0.15) is 5.82 Å². The highest BCUT2D eigenvalue weighted by atomic mass is 79.9. The molecule has 1 aromatic carbocycles. The maximum absolute atomic E-state index is 12.6. The highest BCUT2D eigenvalue weighted by molar-refractivity contribution is 9.10. The molecule has 3 rings (SSSR count). The first-order chi connectivity index (χ1) is 11.9. The van der Waals surface area contributed by atoms with E-state index in [1.165, 1.54) is 11.0 Å². The van der Waals surface area contributed by atoms with Gasteiger partial charge in [0, 0.05) is 26.9 Å². The molecule has 2 aromatic rings. The number of hydrogen-bond donors (Lipinski definition) is 1. The standard InChI is InChI=1S/C18H18BrF3N2S/c19-13-2-6-15(7-3-13)25-16-8-4-14(5-9-16)24-17-10-1-12(11-23-17)18(20,21)22/h1-3,6-7,10-11,14,16H,4-5,8-9H2,(H,23,24). The van der Waals surface area contributed by atoms with Gasteiger partial charge in [-0.1, -0.05) is 15.9 Å². The van der Waals surface area contributed by atoms with Gasteiger partial charge in [-0.15, -0.1) is 11.8 Å². The van der Waals surface area contributed by atoms with Crippen LogP contribution in [0.2, 0.25) is 0 Å². The van der Waals surface area contributed by atoms with E-state index in [1.807, 2.05) is 23.9 Å². The van der Waals surface area contributed by atoms with Gasteiger partial charge in [-0.3, -0.25) is 0 Å². The van der Waals surface area contributed by atoms with Crippen molar-refractivity contribution in [2.24, 2.45) is 0 Å². The van der Waals surface area contributed by atoms with E-state index < -0.39 is 11.7 Å². The smallest absolute Gasteiger partial charge is 0.367 e. The van der Waals surface area contributed by atoms with Gasteiger partial charge in [-0.2, -0.15) is 13.2 Å². The first-order valence-corrected chi connectivity index (χ1v) is 9.79. The molecule has 0 radical (unpaired) electrons. The van der Waals surface area contributed by atoms with Gasteiger partial charge in [-0.05, 0) is 62.1 Å². The maximum Gasteiger partial charge on any atom is 0.417 e. The lowest BCUT2D eigenvalue weighted by atomic mass is 9.95. The summed E-state index contributed by atoms with van der Waals surface area (Å²) >= 11 is 5.34. The molecule has 0 saturated heterocycles. The zero-order chi connectivity index (χ0) is 17.9. The van der Waals surface area contributed by atoms with Crippen LogP contribution in [0.4, 0.5) is 19.0 Å². The SMILES string of the molecule is FC(F)(F)c1ccc(NC2CCC(Sc3ccc(Br)cc3)CC2)nc1. The van der Waals surface area contributed by atoms with E-state index in [0.717, 1.165) is 42.4 Å². The number of rotatable bonds is 4. The average Bonchev–Trinajstić information content (AvgIpc) is 2.58. The number of nitrogens with one attached hydrogen (secondary N) is 1. The van der Waals surface area contributed by atoms with Crippen molar-refractivity contribution in [3.63, 3.8) is 0 Å². The molecule has 1 fully saturated rings. The second kappa shape index (κ2) is 7.99. The van der Waals surface area contributed by atoms with Crippen LogP contribution in [0.1, 0.15) is 31.2 Å². The first-order valence-electron chi connectivity index (χ1n) is 8.12. The summed E-state index contributed by atoms with van der Waals surface area (Å²) in [6.07, 6.45) is 0.705. The van der Waals surface area contributed by atoms with E-state index in [2.05, 4.69) is 38.4 Å². The van der Waals surface area contributed by atoms with E-state index in [9.17, 15) is 13.2 Å². The van der Waals surface area contributed by atoms with Crippen molar-refractivity contribution in [3.05, 3.63) is 52.6 Å². The van der Waals surface area contributed by atoms with Crippen LogP contribution in [-0.4, -0.2) is 16.3 Å². The molecule has 0 spiro atoms. The van der Waals surface area contributed by atoms with Crippen LogP contribution in [-0.2, 0) is 6.18 Å². The molecule has 0 atom stereocenters. The van der Waals surface area contributed by atoms with Gasteiger partial charge >= 0.3 is 6.18 Å². The Balaban J connectivity index is 1.48. The van der Waals surface area contributed by atoms with Crippen LogP contribution in [0, 0.1) is 0 Å². The highest BCUT2D eigenvalue weighted by Crippen LogP contribution is 2.35. The van der Waals surface area contributed by atoms with Crippen molar-refractivity contribution in [2.75, 3.05) is 5.32 Å². The summed E-state index contributed by atoms with van der Waals surface area (Å²) in [6, 6.07) is 11.1. The Morgan fingerprint density at radius 2 is 1.68 bits per heavy atom. The number of thioether (sulfide) groups is 1. The number of nitrogens with zero attached hydrogens (tertiary/aromatic N) is 1. The maximum atomic E-state index is 12.6. The molecule has 0 unspecified atom stereocenters. The number of pyridine rings is 1. The van der Waals surface area contributed by atoms with Gasteiger partial charge in [0.05, 0.1) is 5.56 Å². The van der Waals surface area contributed by atoms with Crippen LogP contribution in [0.15, 0.2) is 52.0 Å². The molecule has 7 heteroatoms. The minimum atomic E-state index is -4.34. The Labute approximate surface area is 157 Å². The second-order valence-corrected chi connectivity index (χ2v) is 8.41. The van der Waals surface area contributed by atoms with Crippen molar-refractivity contribution in [3.8, 4) is 0 Å². The third-order valence-corrected chi connectivity index (χ3v) is 6.11. The van der Waals surface area contributed by atoms with E-state index in [0.29, 0.717) is 11.1 Å². The largest absolute Gasteiger partial charge is 0.417 e. The fraction of sp³-hybridized carbons (Fsp3) is 0.389. The molecule has 134 valence electrons. The molecule has 0 amide bonds. The predicted molar refractivity (Wildman–Crippen MR) is 98.9 cm³/mol. The number of alkyl halides is 3. The Morgan fingerprint density at radius 1 is 1.00 bits per heavy atom. The molecule has 25 heavy (non-hydrogen) atoms. The van der Waals surface area contributed by atoms with Gasteiger partial charge in [0.25, 0.3) is 0 Å². The lowest BCUT2D eigenvalue weighted by Crippen LogP contribution is -2.27. The van der Waals surface area contributed by atoms with Crippen molar-refractivity contribution in [1.29, 1.82) is 0 Å². The topological polar surface area (TPSA) is 24.9 Å². The predicted octanol–water partition coefficient (Wildman–Crippen LogP) is 6.38. The first kappa shape index (κ1) is 18.6. The normalized spacial score (nSPS) is 21.1. The molecule has 0 aliphatic heterocycles. The molecule has 1 N–H and O–H groups in total. The summed E-state index contributed by atoms with van der Waals surface area (Å²) in [6.45, 7) is 0. The molecule has 2 nitrogen and oxygen atoms in total. The van der Waals surface area contributed by atoms with Crippen LogP contribution in [0.3, 0.4) is 0 Å². The zero-order valence-electron chi connectivity index (χ0n) is 13.4. The Morgan fingerprint density at radius 3 is 2.24 bits per heavy atom. The summed E-state index contributed by atoms with van der Waals surface area (Å²) in [5, 5.41) is 3.84. The van der Waals surface area contributed by atoms with Crippen LogP contribution < -0.4 is 5.32 Å². The zero-order valence-corrected chi connectivity index (χ0v) is 15.8. The summed E-state index contributed by atoms with van der Waals surface area (Å²) in [5.74, 6) is 0.511. The van der Waals surface area contributed by atoms with Crippen molar-refractivity contribution >= 4 is 33.5 Å². The fourth-order valence-electron chi connectivity index (χ4n) is 2.89. The van der Waals surface area contributed by atoms with E-state index >= 15 is 0 Å². The molecule has 1 aromatic heterocycles. The van der Waals surface area contributed by atoms with Crippen LogP contribution in [0.25, 0.3) is 0 Å². The number of hydrogen-bond acceptors (Lipinski definition) is 3. The van der Waals surface area contributed by atoms with Crippen molar-refractivity contribution in [2.45, 2.75) is 48.0 Å². The second-order valence-electron chi connectivity index (χ2n) is 6.12. The Kier molecular flexibility index (Phi) is 5.94. The third-order valence-electron chi connectivity index (χ3n) is 4.23. The van der Waals surface area contributed by atoms with Crippen LogP contribution in [0.5, 0.6) is 0 Å². The minimum absolute atomic E-state index is 0.269. The molecule has 0 bridgehead atoms. The van der Waals surface area contributed by atoms with Gasteiger partial charge in [0.15, 0.2) is 0 Å². The van der Waals surface area contributed by atoms with E-state index in [-0.39, 0.29) is 6.04 Å². The fourth-order valence-corrected chi connectivity index (χ4v) is 4.34. The Hall–Kier alpha value is -1.21. The summed E-state index contributed by atoms with van der Waals surface area (Å²) in [5.41, 5.74) is -0.715. The lowest BCUT2D eigenvalue weighted by molar-refractivity contribution is -0.137. The molecule has 1 heterocycles. The van der Waals surface area contributed by atoms with Gasteiger partial charge in [-0.25, -0.2) is 4.98 Å². The number of halogens is 4. The monoisotopic (exact) mass is 430 g/mol. The van der Waals surface area contributed by atoms with E-state index in [1.54, 1.807) is 0 Å². The molecule has 1 saturated carbocycles.